The molecule has 1 aromatic heterocycles. The minimum absolute atomic E-state index is 0.384. The van der Waals surface area contributed by atoms with Crippen molar-refractivity contribution in [3.63, 3.8) is 0 Å². The molecule has 1 aliphatic heterocycles. The molecule has 118 valence electrons. The molecule has 0 bridgehead atoms. The van der Waals surface area contributed by atoms with Crippen molar-refractivity contribution in [3.8, 4) is 0 Å². The number of rotatable bonds is 5. The SMILES string of the molecule is CCNC(C)C1CCN(c2cc(C)nc(C(C)C)n2)CC1. The number of hydrogen-bond acceptors (Lipinski definition) is 4. The molecule has 2 rings (SSSR count). The van der Waals surface area contributed by atoms with Gasteiger partial charge in [-0.2, -0.15) is 0 Å². The maximum absolute atomic E-state index is 4.76. The zero-order valence-electron chi connectivity index (χ0n) is 14.2. The van der Waals surface area contributed by atoms with E-state index in [1.807, 2.05) is 0 Å². The van der Waals surface area contributed by atoms with E-state index < -0.39 is 0 Å². The monoisotopic (exact) mass is 290 g/mol. The molecule has 0 saturated carbocycles. The molecule has 1 N–H and O–H groups in total. The Bertz CT molecular complexity index is 450. The van der Waals surface area contributed by atoms with Crippen molar-refractivity contribution in [1.82, 2.24) is 15.3 Å². The number of nitrogens with one attached hydrogen (secondary N) is 1. The molecule has 1 aliphatic rings. The summed E-state index contributed by atoms with van der Waals surface area (Å²) in [5, 5.41) is 3.56. The van der Waals surface area contributed by atoms with Crippen LogP contribution in [0.4, 0.5) is 5.82 Å². The molecule has 0 spiro atoms. The lowest BCUT2D eigenvalue weighted by Crippen LogP contribution is -2.42. The van der Waals surface area contributed by atoms with Crippen LogP contribution in [0.5, 0.6) is 0 Å². The summed E-state index contributed by atoms with van der Waals surface area (Å²) in [6.07, 6.45) is 2.49. The fourth-order valence-electron chi connectivity index (χ4n) is 3.11. The van der Waals surface area contributed by atoms with Crippen LogP contribution >= 0.6 is 0 Å². The van der Waals surface area contributed by atoms with Crippen LogP contribution in [0.3, 0.4) is 0 Å². The predicted molar refractivity (Wildman–Crippen MR) is 88.9 cm³/mol. The summed E-state index contributed by atoms with van der Waals surface area (Å²) in [5.74, 6) is 3.25. The van der Waals surface area contributed by atoms with Gasteiger partial charge in [0.15, 0.2) is 0 Å². The van der Waals surface area contributed by atoms with Crippen LogP contribution in [-0.2, 0) is 0 Å². The fraction of sp³-hybridized carbons (Fsp3) is 0.765. The number of hydrogen-bond donors (Lipinski definition) is 1. The summed E-state index contributed by atoms with van der Waals surface area (Å²) < 4.78 is 0. The Morgan fingerprint density at radius 3 is 2.48 bits per heavy atom. The van der Waals surface area contributed by atoms with Gasteiger partial charge in [0.05, 0.1) is 0 Å². The number of piperidine rings is 1. The Morgan fingerprint density at radius 1 is 1.24 bits per heavy atom. The standard InChI is InChI=1S/C17H30N4/c1-6-18-14(5)15-7-9-21(10-8-15)16-11-13(4)19-17(20-16)12(2)3/h11-12,14-15,18H,6-10H2,1-5H3. The van der Waals surface area contributed by atoms with E-state index in [-0.39, 0.29) is 0 Å². The second kappa shape index (κ2) is 7.21. The second-order valence-corrected chi connectivity index (χ2v) is 6.55. The van der Waals surface area contributed by atoms with Crippen molar-refractivity contribution < 1.29 is 0 Å². The molecule has 0 aliphatic carbocycles. The van der Waals surface area contributed by atoms with Gasteiger partial charge in [0.1, 0.15) is 11.6 Å². The average molecular weight is 290 g/mol. The van der Waals surface area contributed by atoms with Gasteiger partial charge in [-0.15, -0.1) is 0 Å². The number of anilines is 1. The van der Waals surface area contributed by atoms with E-state index in [2.05, 4.69) is 55.9 Å². The minimum Gasteiger partial charge on any atom is -0.356 e. The lowest BCUT2D eigenvalue weighted by atomic mass is 9.90. The van der Waals surface area contributed by atoms with Crippen LogP contribution in [0, 0.1) is 12.8 Å². The first-order valence-corrected chi connectivity index (χ1v) is 8.35. The van der Waals surface area contributed by atoms with Crippen molar-refractivity contribution in [1.29, 1.82) is 0 Å². The highest BCUT2D eigenvalue weighted by molar-refractivity contribution is 5.40. The van der Waals surface area contributed by atoms with Gasteiger partial charge < -0.3 is 10.2 Å². The predicted octanol–water partition coefficient (Wildman–Crippen LogP) is 3.12. The van der Waals surface area contributed by atoms with Gasteiger partial charge in [0.2, 0.25) is 0 Å². The van der Waals surface area contributed by atoms with Crippen LogP contribution in [0.1, 0.15) is 58.0 Å². The lowest BCUT2D eigenvalue weighted by Gasteiger charge is -2.36. The van der Waals surface area contributed by atoms with Crippen LogP contribution in [0.15, 0.2) is 6.07 Å². The first-order valence-electron chi connectivity index (χ1n) is 8.35. The normalized spacial score (nSPS) is 18.3. The molecular weight excluding hydrogens is 260 g/mol. The fourth-order valence-corrected chi connectivity index (χ4v) is 3.11. The van der Waals surface area contributed by atoms with Crippen molar-refractivity contribution in [3.05, 3.63) is 17.6 Å². The van der Waals surface area contributed by atoms with Crippen molar-refractivity contribution >= 4 is 5.82 Å². The van der Waals surface area contributed by atoms with E-state index in [1.54, 1.807) is 0 Å². The van der Waals surface area contributed by atoms with Crippen molar-refractivity contribution in [2.45, 2.75) is 59.4 Å². The molecule has 21 heavy (non-hydrogen) atoms. The van der Waals surface area contributed by atoms with E-state index in [4.69, 9.17) is 4.98 Å². The highest BCUT2D eigenvalue weighted by Crippen LogP contribution is 2.25. The molecule has 1 saturated heterocycles. The van der Waals surface area contributed by atoms with Crippen molar-refractivity contribution in [2.24, 2.45) is 5.92 Å². The van der Waals surface area contributed by atoms with Crippen LogP contribution < -0.4 is 10.2 Å². The molecule has 0 aromatic carbocycles. The Hall–Kier alpha value is -1.16. The maximum Gasteiger partial charge on any atom is 0.133 e. The molecule has 2 heterocycles. The van der Waals surface area contributed by atoms with E-state index in [0.717, 1.165) is 42.9 Å². The summed E-state index contributed by atoms with van der Waals surface area (Å²) in [6, 6.07) is 2.75. The molecule has 1 unspecified atom stereocenters. The van der Waals surface area contributed by atoms with Gasteiger partial charge in [-0.05, 0) is 39.2 Å². The Morgan fingerprint density at radius 2 is 1.90 bits per heavy atom. The van der Waals surface area contributed by atoms with Gasteiger partial charge in [0, 0.05) is 36.8 Å². The van der Waals surface area contributed by atoms with Crippen LogP contribution in [0.2, 0.25) is 0 Å². The lowest BCUT2D eigenvalue weighted by molar-refractivity contribution is 0.314. The Kier molecular flexibility index (Phi) is 5.57. The van der Waals surface area contributed by atoms with E-state index in [9.17, 15) is 0 Å². The third-order valence-corrected chi connectivity index (χ3v) is 4.47. The highest BCUT2D eigenvalue weighted by Gasteiger charge is 2.24. The van der Waals surface area contributed by atoms with Gasteiger partial charge in [-0.25, -0.2) is 9.97 Å². The summed E-state index contributed by atoms with van der Waals surface area (Å²) in [7, 11) is 0. The topological polar surface area (TPSA) is 41.0 Å². The smallest absolute Gasteiger partial charge is 0.133 e. The molecule has 4 nitrogen and oxygen atoms in total. The summed E-state index contributed by atoms with van der Waals surface area (Å²) in [6.45, 7) is 14.1. The van der Waals surface area contributed by atoms with Crippen LogP contribution in [-0.4, -0.2) is 35.6 Å². The molecule has 0 amide bonds. The molecule has 0 radical (unpaired) electrons. The quantitative estimate of drug-likeness (QED) is 0.904. The zero-order valence-corrected chi connectivity index (χ0v) is 14.2. The van der Waals surface area contributed by atoms with Gasteiger partial charge in [-0.3, -0.25) is 0 Å². The number of aromatic nitrogens is 2. The van der Waals surface area contributed by atoms with E-state index in [1.165, 1.54) is 12.8 Å². The Balaban J connectivity index is 2.02. The molecule has 1 aromatic rings. The summed E-state index contributed by atoms with van der Waals surface area (Å²) >= 11 is 0. The minimum atomic E-state index is 0.384. The average Bonchev–Trinajstić information content (AvgIpc) is 2.47. The van der Waals surface area contributed by atoms with Gasteiger partial charge in [0.25, 0.3) is 0 Å². The molecule has 4 heteroatoms. The maximum atomic E-state index is 4.76. The third kappa shape index (κ3) is 4.16. The van der Waals surface area contributed by atoms with Crippen molar-refractivity contribution in [2.75, 3.05) is 24.5 Å². The highest BCUT2D eigenvalue weighted by atomic mass is 15.2. The molecular formula is C17H30N4. The summed E-state index contributed by atoms with van der Waals surface area (Å²) in [4.78, 5) is 11.7. The van der Waals surface area contributed by atoms with E-state index >= 15 is 0 Å². The Labute approximate surface area is 129 Å². The van der Waals surface area contributed by atoms with Gasteiger partial charge in [-0.1, -0.05) is 20.8 Å². The number of aryl methyl sites for hydroxylation is 1. The third-order valence-electron chi connectivity index (χ3n) is 4.47. The van der Waals surface area contributed by atoms with E-state index in [0.29, 0.717) is 12.0 Å². The number of nitrogens with zero attached hydrogens (tertiary/aromatic N) is 3. The summed E-state index contributed by atoms with van der Waals surface area (Å²) in [5.41, 5.74) is 1.08. The largest absolute Gasteiger partial charge is 0.356 e. The van der Waals surface area contributed by atoms with Crippen LogP contribution in [0.25, 0.3) is 0 Å². The zero-order chi connectivity index (χ0) is 15.4. The molecule has 1 atom stereocenters. The second-order valence-electron chi connectivity index (χ2n) is 6.55. The first-order chi connectivity index (χ1) is 10.0. The molecule has 1 fully saturated rings. The first kappa shape index (κ1) is 16.2. The van der Waals surface area contributed by atoms with Gasteiger partial charge >= 0.3 is 0 Å².